The highest BCUT2D eigenvalue weighted by molar-refractivity contribution is 6.42. The molecule has 6 nitrogen and oxygen atoms in total. The summed E-state index contributed by atoms with van der Waals surface area (Å²) in [6.07, 6.45) is 0. The second kappa shape index (κ2) is 5.16. The quantitative estimate of drug-likeness (QED) is 0.573. The first-order chi connectivity index (χ1) is 11.1. The maximum atomic E-state index is 8.93. The molecule has 0 aliphatic carbocycles. The number of anilines is 2. The molecule has 23 heavy (non-hydrogen) atoms. The molecule has 0 aliphatic rings. The fourth-order valence-electron chi connectivity index (χ4n) is 2.32. The van der Waals surface area contributed by atoms with Crippen molar-refractivity contribution in [1.29, 1.82) is 5.26 Å². The normalized spacial score (nSPS) is 11.0. The summed E-state index contributed by atoms with van der Waals surface area (Å²) in [5.74, 6) is 1.04. The summed E-state index contributed by atoms with van der Waals surface area (Å²) in [4.78, 5) is 8.78. The van der Waals surface area contributed by atoms with Crippen LogP contribution in [0.2, 0.25) is 10.0 Å². The van der Waals surface area contributed by atoms with Crippen molar-refractivity contribution in [3.8, 4) is 6.07 Å². The van der Waals surface area contributed by atoms with E-state index in [9.17, 15) is 0 Å². The Morgan fingerprint density at radius 3 is 2.74 bits per heavy atom. The average Bonchev–Trinajstić information content (AvgIpc) is 3.07. The van der Waals surface area contributed by atoms with Crippen LogP contribution >= 0.6 is 23.2 Å². The third kappa shape index (κ3) is 2.36. The molecule has 8 heteroatoms. The molecule has 112 valence electrons. The molecule has 0 bridgehead atoms. The van der Waals surface area contributed by atoms with Crippen LogP contribution in [-0.4, -0.2) is 19.6 Å². The molecule has 2 aromatic carbocycles. The van der Waals surface area contributed by atoms with Crippen LogP contribution in [-0.2, 0) is 0 Å². The van der Waals surface area contributed by atoms with E-state index in [2.05, 4.69) is 26.5 Å². The highest BCUT2D eigenvalue weighted by Crippen LogP contribution is 2.26. The molecular weight excluding hydrogens is 335 g/mol. The van der Waals surface area contributed by atoms with Crippen LogP contribution < -0.4 is 5.32 Å². The predicted molar refractivity (Wildman–Crippen MR) is 89.3 cm³/mol. The summed E-state index contributed by atoms with van der Waals surface area (Å²) in [7, 11) is 0. The highest BCUT2D eigenvalue weighted by atomic mass is 35.5. The van der Waals surface area contributed by atoms with Gasteiger partial charge in [-0.1, -0.05) is 23.2 Å². The molecule has 0 radical (unpaired) electrons. The van der Waals surface area contributed by atoms with E-state index in [1.54, 1.807) is 34.8 Å². The van der Waals surface area contributed by atoms with Gasteiger partial charge in [-0.3, -0.25) is 5.10 Å². The summed E-state index contributed by atoms with van der Waals surface area (Å²) in [6, 6.07) is 12.6. The Hall–Kier alpha value is -2.75. The number of benzene rings is 2. The van der Waals surface area contributed by atoms with Crippen molar-refractivity contribution in [1.82, 2.24) is 19.6 Å². The Morgan fingerprint density at radius 2 is 1.96 bits per heavy atom. The zero-order valence-corrected chi connectivity index (χ0v) is 13.0. The second-order valence-electron chi connectivity index (χ2n) is 4.89. The van der Waals surface area contributed by atoms with Crippen molar-refractivity contribution in [2.75, 3.05) is 5.32 Å². The molecule has 2 heterocycles. The first-order valence-electron chi connectivity index (χ1n) is 6.64. The molecule has 4 rings (SSSR count). The highest BCUT2D eigenvalue weighted by Gasteiger charge is 2.10. The monoisotopic (exact) mass is 342 g/mol. The number of fused-ring (bicyclic) bond motifs is 3. The van der Waals surface area contributed by atoms with Crippen LogP contribution in [0.25, 0.3) is 16.8 Å². The number of hydrogen-bond acceptors (Lipinski definition) is 4. The fraction of sp³-hybridized carbons (Fsp3) is 0. The van der Waals surface area contributed by atoms with Crippen LogP contribution in [0.4, 0.5) is 11.6 Å². The van der Waals surface area contributed by atoms with Crippen molar-refractivity contribution >= 4 is 51.6 Å². The van der Waals surface area contributed by atoms with Crippen molar-refractivity contribution in [3.05, 3.63) is 52.0 Å². The van der Waals surface area contributed by atoms with Gasteiger partial charge in [0.05, 0.1) is 32.7 Å². The molecule has 4 aromatic rings. The molecule has 0 unspecified atom stereocenters. The Morgan fingerprint density at radius 1 is 1.09 bits per heavy atom. The number of imidazole rings is 1. The summed E-state index contributed by atoms with van der Waals surface area (Å²) >= 11 is 11.9. The Labute approximate surface area is 140 Å². The van der Waals surface area contributed by atoms with Crippen LogP contribution in [0, 0.1) is 11.3 Å². The van der Waals surface area contributed by atoms with Crippen molar-refractivity contribution in [3.63, 3.8) is 0 Å². The van der Waals surface area contributed by atoms with E-state index >= 15 is 0 Å². The van der Waals surface area contributed by atoms with Gasteiger partial charge in [0.15, 0.2) is 0 Å². The predicted octanol–water partition coefficient (Wildman–Crippen LogP) is 4.13. The number of nitriles is 1. The van der Waals surface area contributed by atoms with E-state index in [4.69, 9.17) is 28.5 Å². The van der Waals surface area contributed by atoms with Crippen molar-refractivity contribution in [2.24, 2.45) is 0 Å². The zero-order chi connectivity index (χ0) is 16.0. The molecule has 0 atom stereocenters. The first-order valence-corrected chi connectivity index (χ1v) is 7.40. The van der Waals surface area contributed by atoms with Gasteiger partial charge >= 0.3 is 0 Å². The van der Waals surface area contributed by atoms with E-state index in [1.807, 2.05) is 6.07 Å². The summed E-state index contributed by atoms with van der Waals surface area (Å²) in [6.45, 7) is 0. The van der Waals surface area contributed by atoms with Crippen LogP contribution in [0.3, 0.4) is 0 Å². The standard InChI is InChI=1S/C15H8Cl2N6/c16-10-3-2-9(6-11(10)17)19-14-21-15-20-12-5-8(7-18)1-4-13(12)23(15)22-14/h1-6H,(H2,19,20,21,22). The van der Waals surface area contributed by atoms with E-state index < -0.39 is 0 Å². The molecule has 0 saturated heterocycles. The number of hydrogen-bond donors (Lipinski definition) is 2. The van der Waals surface area contributed by atoms with Gasteiger partial charge in [-0.15, -0.1) is 0 Å². The fourth-order valence-corrected chi connectivity index (χ4v) is 2.62. The largest absolute Gasteiger partial charge is 0.324 e. The number of aromatic nitrogens is 4. The third-order valence-electron chi connectivity index (χ3n) is 3.38. The van der Waals surface area contributed by atoms with Crippen LogP contribution in [0.5, 0.6) is 0 Å². The number of nitrogens with zero attached hydrogens (tertiary/aromatic N) is 4. The SMILES string of the molecule is N#Cc1ccc2c(c1)nc1nc(Nc3ccc(Cl)c(Cl)c3)[nH]n12. The summed E-state index contributed by atoms with van der Waals surface area (Å²) < 4.78 is 1.75. The smallest absolute Gasteiger partial charge is 0.253 e. The molecule has 2 N–H and O–H groups in total. The molecule has 0 amide bonds. The van der Waals surface area contributed by atoms with E-state index in [0.29, 0.717) is 32.9 Å². The lowest BCUT2D eigenvalue weighted by Crippen LogP contribution is -1.93. The molecule has 0 saturated carbocycles. The van der Waals surface area contributed by atoms with Crippen molar-refractivity contribution < 1.29 is 0 Å². The molecular formula is C15H8Cl2N6. The molecule has 0 spiro atoms. The Kier molecular flexibility index (Phi) is 3.11. The Balaban J connectivity index is 1.74. The minimum atomic E-state index is 0.461. The number of H-pyrrole nitrogens is 1. The minimum absolute atomic E-state index is 0.461. The van der Waals surface area contributed by atoms with Gasteiger partial charge in [0, 0.05) is 5.69 Å². The van der Waals surface area contributed by atoms with E-state index in [-0.39, 0.29) is 0 Å². The molecule has 2 aromatic heterocycles. The van der Waals surface area contributed by atoms with E-state index in [0.717, 1.165) is 11.2 Å². The number of halogens is 2. The number of rotatable bonds is 2. The van der Waals surface area contributed by atoms with Gasteiger partial charge < -0.3 is 5.32 Å². The molecule has 0 fully saturated rings. The van der Waals surface area contributed by atoms with E-state index in [1.165, 1.54) is 0 Å². The van der Waals surface area contributed by atoms with Gasteiger partial charge in [0.25, 0.3) is 5.78 Å². The van der Waals surface area contributed by atoms with Crippen LogP contribution in [0.15, 0.2) is 36.4 Å². The minimum Gasteiger partial charge on any atom is -0.324 e. The number of nitrogens with one attached hydrogen (secondary N) is 2. The lowest BCUT2D eigenvalue weighted by Gasteiger charge is -2.03. The maximum Gasteiger partial charge on any atom is 0.253 e. The third-order valence-corrected chi connectivity index (χ3v) is 4.12. The summed E-state index contributed by atoms with van der Waals surface area (Å²) in [5, 5.41) is 16.1. The second-order valence-corrected chi connectivity index (χ2v) is 5.70. The van der Waals surface area contributed by atoms with Gasteiger partial charge in [-0.25, -0.2) is 9.50 Å². The van der Waals surface area contributed by atoms with Gasteiger partial charge in [-0.05, 0) is 36.4 Å². The number of aromatic amines is 1. The molecule has 0 aliphatic heterocycles. The lowest BCUT2D eigenvalue weighted by molar-refractivity contribution is 1.01. The summed E-state index contributed by atoms with van der Waals surface area (Å²) in [5.41, 5.74) is 2.87. The van der Waals surface area contributed by atoms with Gasteiger partial charge in [0.2, 0.25) is 5.95 Å². The first kappa shape index (κ1) is 13.9. The van der Waals surface area contributed by atoms with Crippen molar-refractivity contribution in [2.45, 2.75) is 0 Å². The lowest BCUT2D eigenvalue weighted by atomic mass is 10.2. The Bertz CT molecular complexity index is 1090. The topological polar surface area (TPSA) is 81.8 Å². The van der Waals surface area contributed by atoms with Crippen LogP contribution in [0.1, 0.15) is 5.56 Å². The maximum absolute atomic E-state index is 8.93. The average molecular weight is 343 g/mol. The van der Waals surface area contributed by atoms with Gasteiger partial charge in [0.1, 0.15) is 0 Å². The zero-order valence-electron chi connectivity index (χ0n) is 11.5. The van der Waals surface area contributed by atoms with Gasteiger partial charge in [-0.2, -0.15) is 10.2 Å².